The zero-order chi connectivity index (χ0) is 16.0. The van der Waals surface area contributed by atoms with Crippen molar-refractivity contribution in [2.24, 2.45) is 0 Å². The lowest BCUT2D eigenvalue weighted by atomic mass is 10.0. The minimum atomic E-state index is -1.07. The third kappa shape index (κ3) is 4.29. The summed E-state index contributed by atoms with van der Waals surface area (Å²) in [5.41, 5.74) is 1.98. The monoisotopic (exact) mass is 307 g/mol. The van der Waals surface area contributed by atoms with Gasteiger partial charge in [0.2, 0.25) is 0 Å². The van der Waals surface area contributed by atoms with Gasteiger partial charge in [-0.1, -0.05) is 23.8 Å². The summed E-state index contributed by atoms with van der Waals surface area (Å²) < 4.78 is 17.0. The summed E-state index contributed by atoms with van der Waals surface area (Å²) in [7, 11) is 0. The van der Waals surface area contributed by atoms with E-state index in [9.17, 15) is 4.79 Å². The lowest BCUT2D eigenvalue weighted by molar-refractivity contribution is -0.245. The van der Waals surface area contributed by atoms with Crippen molar-refractivity contribution in [2.45, 2.75) is 26.6 Å². The first kappa shape index (κ1) is 16.9. The SMILES string of the molecule is CCOC(CN1CCOCC1)(OC(C)=O)c1cccc(C)c1. The molecule has 1 fully saturated rings. The van der Waals surface area contributed by atoms with Crippen molar-refractivity contribution in [3.8, 4) is 0 Å². The van der Waals surface area contributed by atoms with Crippen LogP contribution in [0.15, 0.2) is 24.3 Å². The Morgan fingerprint density at radius 1 is 1.36 bits per heavy atom. The number of nitrogens with zero attached hydrogens (tertiary/aromatic N) is 1. The van der Waals surface area contributed by atoms with Crippen LogP contribution in [-0.2, 0) is 24.8 Å². The predicted molar refractivity (Wildman–Crippen MR) is 83.5 cm³/mol. The Morgan fingerprint density at radius 3 is 2.68 bits per heavy atom. The fourth-order valence-corrected chi connectivity index (χ4v) is 2.74. The van der Waals surface area contributed by atoms with Crippen molar-refractivity contribution in [1.82, 2.24) is 4.90 Å². The van der Waals surface area contributed by atoms with Gasteiger partial charge in [-0.3, -0.25) is 9.69 Å². The molecule has 1 aliphatic heterocycles. The van der Waals surface area contributed by atoms with Crippen LogP contribution < -0.4 is 0 Å². The minimum absolute atomic E-state index is 0.344. The number of hydrogen-bond acceptors (Lipinski definition) is 5. The summed E-state index contributed by atoms with van der Waals surface area (Å²) >= 11 is 0. The van der Waals surface area contributed by atoms with E-state index >= 15 is 0 Å². The van der Waals surface area contributed by atoms with E-state index in [1.807, 2.05) is 38.1 Å². The van der Waals surface area contributed by atoms with Crippen molar-refractivity contribution >= 4 is 5.97 Å². The zero-order valence-electron chi connectivity index (χ0n) is 13.6. The number of hydrogen-bond donors (Lipinski definition) is 0. The Labute approximate surface area is 132 Å². The molecule has 5 nitrogen and oxygen atoms in total. The summed E-state index contributed by atoms with van der Waals surface area (Å²) in [6, 6.07) is 7.94. The smallest absolute Gasteiger partial charge is 0.305 e. The molecule has 0 spiro atoms. The predicted octanol–water partition coefficient (Wildman–Crippen LogP) is 2.08. The summed E-state index contributed by atoms with van der Waals surface area (Å²) in [4.78, 5) is 13.9. The zero-order valence-corrected chi connectivity index (χ0v) is 13.6. The number of benzene rings is 1. The van der Waals surface area contributed by atoms with Gasteiger partial charge in [0.25, 0.3) is 5.79 Å². The van der Waals surface area contributed by atoms with Crippen LogP contribution in [0.2, 0.25) is 0 Å². The second kappa shape index (κ2) is 7.72. The molecule has 0 N–H and O–H groups in total. The molecule has 1 aromatic rings. The summed E-state index contributed by atoms with van der Waals surface area (Å²) in [5, 5.41) is 0. The highest BCUT2D eigenvalue weighted by atomic mass is 16.7. The highest BCUT2D eigenvalue weighted by Gasteiger charge is 2.39. The first-order valence-electron chi connectivity index (χ1n) is 7.76. The average molecular weight is 307 g/mol. The van der Waals surface area contributed by atoms with E-state index in [-0.39, 0.29) is 5.97 Å². The number of esters is 1. The molecule has 0 amide bonds. The Bertz CT molecular complexity index is 499. The normalized spacial score (nSPS) is 18.7. The van der Waals surface area contributed by atoms with Crippen molar-refractivity contribution < 1.29 is 19.0 Å². The Kier molecular flexibility index (Phi) is 5.94. The van der Waals surface area contributed by atoms with Gasteiger partial charge >= 0.3 is 5.97 Å². The van der Waals surface area contributed by atoms with Gasteiger partial charge in [-0.15, -0.1) is 0 Å². The molecule has 1 aliphatic rings. The van der Waals surface area contributed by atoms with Gasteiger partial charge < -0.3 is 14.2 Å². The van der Waals surface area contributed by atoms with E-state index in [2.05, 4.69) is 4.90 Å². The maximum Gasteiger partial charge on any atom is 0.305 e. The third-order valence-electron chi connectivity index (χ3n) is 3.68. The van der Waals surface area contributed by atoms with E-state index < -0.39 is 5.79 Å². The summed E-state index contributed by atoms with van der Waals surface area (Å²) in [6.45, 7) is 9.31. The number of rotatable bonds is 6. The van der Waals surface area contributed by atoms with E-state index in [1.54, 1.807) is 0 Å². The van der Waals surface area contributed by atoms with Crippen LogP contribution in [0, 0.1) is 6.92 Å². The number of carbonyl (C=O) groups excluding carboxylic acids is 1. The standard InChI is InChI=1S/C17H25NO4/c1-4-21-17(22-15(3)19,13-18-8-10-20-11-9-18)16-7-5-6-14(2)12-16/h5-7,12H,4,8-11,13H2,1-3H3. The van der Waals surface area contributed by atoms with E-state index in [4.69, 9.17) is 14.2 Å². The van der Waals surface area contributed by atoms with Gasteiger partial charge in [-0.25, -0.2) is 0 Å². The van der Waals surface area contributed by atoms with Crippen LogP contribution >= 0.6 is 0 Å². The largest absolute Gasteiger partial charge is 0.427 e. The molecule has 1 atom stereocenters. The number of carbonyl (C=O) groups is 1. The first-order valence-corrected chi connectivity index (χ1v) is 7.76. The molecule has 0 saturated carbocycles. The highest BCUT2D eigenvalue weighted by Crippen LogP contribution is 2.30. The van der Waals surface area contributed by atoms with Crippen LogP contribution in [-0.4, -0.2) is 50.3 Å². The van der Waals surface area contributed by atoms with Crippen LogP contribution in [0.1, 0.15) is 25.0 Å². The molecule has 1 saturated heterocycles. The lowest BCUT2D eigenvalue weighted by Gasteiger charge is -2.38. The second-order valence-electron chi connectivity index (χ2n) is 5.54. The highest BCUT2D eigenvalue weighted by molar-refractivity contribution is 5.66. The molecular weight excluding hydrogens is 282 g/mol. The van der Waals surface area contributed by atoms with Crippen molar-refractivity contribution in [2.75, 3.05) is 39.5 Å². The van der Waals surface area contributed by atoms with Crippen LogP contribution in [0.5, 0.6) is 0 Å². The fourth-order valence-electron chi connectivity index (χ4n) is 2.74. The quantitative estimate of drug-likeness (QED) is 0.595. The number of aryl methyl sites for hydroxylation is 1. The lowest BCUT2D eigenvalue weighted by Crippen LogP contribution is -2.49. The maximum atomic E-state index is 11.7. The molecule has 0 aliphatic carbocycles. The van der Waals surface area contributed by atoms with E-state index in [0.717, 1.165) is 24.2 Å². The third-order valence-corrected chi connectivity index (χ3v) is 3.68. The first-order chi connectivity index (χ1) is 10.6. The maximum absolute atomic E-state index is 11.7. The minimum Gasteiger partial charge on any atom is -0.427 e. The molecule has 5 heteroatoms. The molecule has 1 unspecified atom stereocenters. The van der Waals surface area contributed by atoms with Gasteiger partial charge in [0.1, 0.15) is 0 Å². The van der Waals surface area contributed by atoms with Crippen LogP contribution in [0.4, 0.5) is 0 Å². The van der Waals surface area contributed by atoms with Crippen molar-refractivity contribution in [1.29, 1.82) is 0 Å². The van der Waals surface area contributed by atoms with Gasteiger partial charge in [-0.05, 0) is 19.9 Å². The molecule has 0 aromatic heterocycles. The van der Waals surface area contributed by atoms with Crippen molar-refractivity contribution in [3.63, 3.8) is 0 Å². The van der Waals surface area contributed by atoms with E-state index in [1.165, 1.54) is 6.92 Å². The topological polar surface area (TPSA) is 48.0 Å². The molecule has 122 valence electrons. The second-order valence-corrected chi connectivity index (χ2v) is 5.54. The van der Waals surface area contributed by atoms with Gasteiger partial charge in [0.15, 0.2) is 0 Å². The number of ether oxygens (including phenoxy) is 3. The van der Waals surface area contributed by atoms with Crippen molar-refractivity contribution in [3.05, 3.63) is 35.4 Å². The van der Waals surface area contributed by atoms with Crippen LogP contribution in [0.25, 0.3) is 0 Å². The summed E-state index contributed by atoms with van der Waals surface area (Å²) in [5.74, 6) is -1.41. The Morgan fingerprint density at radius 2 is 2.09 bits per heavy atom. The summed E-state index contributed by atoms with van der Waals surface area (Å²) in [6.07, 6.45) is 0. The fraction of sp³-hybridized carbons (Fsp3) is 0.588. The molecule has 22 heavy (non-hydrogen) atoms. The number of morpholine rings is 1. The van der Waals surface area contributed by atoms with E-state index in [0.29, 0.717) is 26.4 Å². The Balaban J connectivity index is 2.33. The van der Waals surface area contributed by atoms with Crippen LogP contribution in [0.3, 0.4) is 0 Å². The molecule has 1 heterocycles. The molecular formula is C17H25NO4. The molecule has 0 bridgehead atoms. The Hall–Kier alpha value is -1.43. The van der Waals surface area contributed by atoms with Gasteiger partial charge in [-0.2, -0.15) is 0 Å². The van der Waals surface area contributed by atoms with Gasteiger partial charge in [0, 0.05) is 32.2 Å². The molecule has 2 rings (SSSR count). The molecule has 1 aromatic carbocycles. The average Bonchev–Trinajstić information content (AvgIpc) is 2.48. The molecule has 0 radical (unpaired) electrons. The van der Waals surface area contributed by atoms with Gasteiger partial charge in [0.05, 0.1) is 19.8 Å².